The maximum absolute atomic E-state index is 12.5. The minimum atomic E-state index is -4.69. The van der Waals surface area contributed by atoms with Gasteiger partial charge in [-0.1, -0.05) is 11.2 Å². The number of carbonyl (C=O) groups is 1. The second-order valence-corrected chi connectivity index (χ2v) is 5.70. The van der Waals surface area contributed by atoms with E-state index in [0.717, 1.165) is 0 Å². The Hall–Kier alpha value is -2.78. The number of carbonyl (C=O) groups excluding carboxylic acids is 1. The summed E-state index contributed by atoms with van der Waals surface area (Å²) in [6, 6.07) is 4.08. The van der Waals surface area contributed by atoms with Crippen molar-refractivity contribution in [2.45, 2.75) is 24.9 Å². The van der Waals surface area contributed by atoms with Crippen LogP contribution in [0.25, 0.3) is 0 Å². The van der Waals surface area contributed by atoms with Crippen LogP contribution in [-0.4, -0.2) is 44.3 Å². The summed E-state index contributed by atoms with van der Waals surface area (Å²) in [5.74, 6) is -3.11. The molecular formula is C15H14F3N3O4. The van der Waals surface area contributed by atoms with Crippen molar-refractivity contribution in [3.8, 4) is 11.5 Å². The van der Waals surface area contributed by atoms with Gasteiger partial charge in [-0.05, 0) is 25.0 Å². The number of hydrogen-bond donors (Lipinski definition) is 2. The minimum absolute atomic E-state index is 0.0281. The van der Waals surface area contributed by atoms with E-state index in [9.17, 15) is 28.2 Å². The van der Waals surface area contributed by atoms with E-state index < -0.39 is 29.5 Å². The van der Waals surface area contributed by atoms with E-state index in [2.05, 4.69) is 14.7 Å². The fourth-order valence-electron chi connectivity index (χ4n) is 2.73. The van der Waals surface area contributed by atoms with Crippen molar-refractivity contribution < 1.29 is 32.7 Å². The average molecular weight is 357 g/mol. The summed E-state index contributed by atoms with van der Waals surface area (Å²) in [6.45, 7) is 0.517. The molecule has 0 radical (unpaired) electrons. The Morgan fingerprint density at radius 3 is 2.52 bits per heavy atom. The number of rotatable bonds is 2. The lowest BCUT2D eigenvalue weighted by Gasteiger charge is -2.30. The highest BCUT2D eigenvalue weighted by atomic mass is 19.4. The maximum atomic E-state index is 12.5. The number of para-hydroxylation sites is 1. The van der Waals surface area contributed by atoms with Gasteiger partial charge in [0.1, 0.15) is 0 Å². The number of halogens is 3. The van der Waals surface area contributed by atoms with Gasteiger partial charge in [0.15, 0.2) is 17.3 Å². The Morgan fingerprint density at radius 2 is 1.92 bits per heavy atom. The predicted octanol–water partition coefficient (Wildman–Crippen LogP) is 2.52. The fraction of sp³-hybridized carbons (Fsp3) is 0.400. The Balaban J connectivity index is 1.66. The summed E-state index contributed by atoms with van der Waals surface area (Å²) in [5, 5.41) is 22.6. The van der Waals surface area contributed by atoms with Crippen LogP contribution in [0.15, 0.2) is 22.7 Å². The molecule has 0 bridgehead atoms. The van der Waals surface area contributed by atoms with Crippen molar-refractivity contribution in [2.75, 3.05) is 13.1 Å². The van der Waals surface area contributed by atoms with Crippen LogP contribution in [0.1, 0.15) is 40.8 Å². The largest absolute Gasteiger partial charge is 0.504 e. The van der Waals surface area contributed by atoms with Gasteiger partial charge in [0.05, 0.1) is 5.56 Å². The zero-order chi connectivity index (χ0) is 18.2. The molecule has 7 nitrogen and oxygen atoms in total. The lowest BCUT2D eigenvalue weighted by atomic mass is 9.95. The van der Waals surface area contributed by atoms with Gasteiger partial charge in [0, 0.05) is 19.0 Å². The molecule has 0 spiro atoms. The number of hydrogen-bond acceptors (Lipinski definition) is 6. The topological polar surface area (TPSA) is 99.7 Å². The van der Waals surface area contributed by atoms with Crippen molar-refractivity contribution >= 4 is 5.91 Å². The highest BCUT2D eigenvalue weighted by molar-refractivity contribution is 5.97. The molecule has 2 N–H and O–H groups in total. The van der Waals surface area contributed by atoms with E-state index in [0.29, 0.717) is 12.8 Å². The first-order chi connectivity index (χ1) is 11.8. The molecule has 10 heteroatoms. The SMILES string of the molecule is O=C(c1cccc(O)c1O)N1CCC(c2noc(C(F)(F)F)n2)CC1. The number of phenolic OH excluding ortho intramolecular Hbond substituents is 2. The third-order valence-electron chi connectivity index (χ3n) is 4.08. The van der Waals surface area contributed by atoms with Crippen LogP contribution >= 0.6 is 0 Å². The summed E-state index contributed by atoms with van der Waals surface area (Å²) < 4.78 is 41.7. The van der Waals surface area contributed by atoms with Crippen molar-refractivity contribution in [1.82, 2.24) is 15.0 Å². The molecule has 3 rings (SSSR count). The third-order valence-corrected chi connectivity index (χ3v) is 4.08. The number of piperidine rings is 1. The number of benzene rings is 1. The molecule has 0 aliphatic carbocycles. The Morgan fingerprint density at radius 1 is 1.24 bits per heavy atom. The molecular weight excluding hydrogens is 343 g/mol. The summed E-state index contributed by atoms with van der Waals surface area (Å²) in [4.78, 5) is 17.2. The number of likely N-dealkylation sites (tertiary alicyclic amines) is 1. The lowest BCUT2D eigenvalue weighted by molar-refractivity contribution is -0.159. The Labute approximate surface area is 139 Å². The molecule has 2 heterocycles. The second-order valence-electron chi connectivity index (χ2n) is 5.70. The average Bonchev–Trinajstić information content (AvgIpc) is 3.07. The van der Waals surface area contributed by atoms with E-state index in [1.807, 2.05) is 0 Å². The molecule has 1 fully saturated rings. The summed E-state index contributed by atoms with van der Waals surface area (Å²) >= 11 is 0. The monoisotopic (exact) mass is 357 g/mol. The molecule has 0 atom stereocenters. The van der Waals surface area contributed by atoms with Gasteiger partial charge in [-0.2, -0.15) is 18.2 Å². The van der Waals surface area contributed by atoms with E-state index >= 15 is 0 Å². The van der Waals surface area contributed by atoms with E-state index in [-0.39, 0.29) is 30.4 Å². The number of amides is 1. The van der Waals surface area contributed by atoms with Crippen LogP contribution in [0.5, 0.6) is 11.5 Å². The summed E-state index contributed by atoms with van der Waals surface area (Å²) in [7, 11) is 0. The van der Waals surface area contributed by atoms with Gasteiger partial charge < -0.3 is 19.6 Å². The molecule has 2 aromatic rings. The van der Waals surface area contributed by atoms with Crippen molar-refractivity contribution in [1.29, 1.82) is 0 Å². The number of phenols is 2. The van der Waals surface area contributed by atoms with Gasteiger partial charge in [-0.3, -0.25) is 4.79 Å². The summed E-state index contributed by atoms with van der Waals surface area (Å²) in [6.07, 6.45) is -3.96. The molecule has 0 unspecified atom stereocenters. The summed E-state index contributed by atoms with van der Waals surface area (Å²) in [5.41, 5.74) is -0.0302. The van der Waals surface area contributed by atoms with E-state index in [4.69, 9.17) is 0 Å². The smallest absolute Gasteiger partial charge is 0.471 e. The standard InChI is InChI=1S/C15H14F3N3O4/c16-15(17,18)14-19-12(20-25-14)8-4-6-21(7-5-8)13(24)9-2-1-3-10(22)11(9)23/h1-3,8,22-23H,4-7H2. The van der Waals surface area contributed by atoms with Crippen molar-refractivity contribution in [2.24, 2.45) is 0 Å². The van der Waals surface area contributed by atoms with Gasteiger partial charge in [0.25, 0.3) is 5.91 Å². The van der Waals surface area contributed by atoms with Gasteiger partial charge in [0.2, 0.25) is 0 Å². The van der Waals surface area contributed by atoms with Crippen LogP contribution in [-0.2, 0) is 6.18 Å². The first kappa shape index (κ1) is 17.1. The molecule has 1 aromatic carbocycles. The Bertz CT molecular complexity index is 783. The molecule has 1 amide bonds. The van der Waals surface area contributed by atoms with Crippen LogP contribution in [0, 0.1) is 0 Å². The van der Waals surface area contributed by atoms with Gasteiger partial charge in [-0.25, -0.2) is 0 Å². The number of aromatic hydroxyl groups is 2. The highest BCUT2D eigenvalue weighted by Gasteiger charge is 2.39. The fourth-order valence-corrected chi connectivity index (χ4v) is 2.73. The molecule has 1 aromatic heterocycles. The van der Waals surface area contributed by atoms with Crippen LogP contribution in [0.3, 0.4) is 0 Å². The molecule has 25 heavy (non-hydrogen) atoms. The van der Waals surface area contributed by atoms with Crippen LogP contribution < -0.4 is 0 Å². The molecule has 1 saturated heterocycles. The number of aromatic nitrogens is 2. The van der Waals surface area contributed by atoms with Gasteiger partial charge in [-0.15, -0.1) is 0 Å². The molecule has 134 valence electrons. The van der Waals surface area contributed by atoms with Crippen molar-refractivity contribution in [3.63, 3.8) is 0 Å². The van der Waals surface area contributed by atoms with E-state index in [1.54, 1.807) is 0 Å². The second kappa shape index (κ2) is 6.26. The van der Waals surface area contributed by atoms with Crippen LogP contribution in [0.2, 0.25) is 0 Å². The highest BCUT2D eigenvalue weighted by Crippen LogP contribution is 2.33. The van der Waals surface area contributed by atoms with Crippen molar-refractivity contribution in [3.05, 3.63) is 35.5 Å². The van der Waals surface area contributed by atoms with Crippen LogP contribution in [0.4, 0.5) is 13.2 Å². The number of nitrogens with zero attached hydrogens (tertiary/aromatic N) is 3. The molecule has 1 aliphatic heterocycles. The van der Waals surface area contributed by atoms with E-state index in [1.165, 1.54) is 23.1 Å². The predicted molar refractivity (Wildman–Crippen MR) is 77.0 cm³/mol. The first-order valence-electron chi connectivity index (χ1n) is 7.48. The molecule has 1 aliphatic rings. The lowest BCUT2D eigenvalue weighted by Crippen LogP contribution is -2.38. The Kier molecular flexibility index (Phi) is 4.27. The maximum Gasteiger partial charge on any atom is 0.471 e. The first-order valence-corrected chi connectivity index (χ1v) is 7.48. The quantitative estimate of drug-likeness (QED) is 0.801. The zero-order valence-corrected chi connectivity index (χ0v) is 12.8. The van der Waals surface area contributed by atoms with Gasteiger partial charge >= 0.3 is 12.1 Å². The normalized spacial score (nSPS) is 16.2. The zero-order valence-electron chi connectivity index (χ0n) is 12.8. The minimum Gasteiger partial charge on any atom is -0.504 e. The molecule has 0 saturated carbocycles. The number of alkyl halides is 3. The third kappa shape index (κ3) is 3.37.